The number of carboxylic acid groups (broad SMARTS) is 1. The Morgan fingerprint density at radius 1 is 1.25 bits per heavy atom. The van der Waals surface area contributed by atoms with E-state index in [4.69, 9.17) is 9.52 Å². The molecule has 1 aliphatic rings. The minimum atomic E-state index is -1.11. The summed E-state index contributed by atoms with van der Waals surface area (Å²) >= 11 is 0. The fourth-order valence-corrected chi connectivity index (χ4v) is 2.90. The molecule has 0 aliphatic carbocycles. The Bertz CT molecular complexity index is 738. The SMILES string of the molecule is O=C(O)c1coc(C(=O)NCCCN2CCc3ccccc3C2)c1. The van der Waals surface area contributed by atoms with Gasteiger partial charge in [0, 0.05) is 32.2 Å². The lowest BCUT2D eigenvalue weighted by Gasteiger charge is -2.28. The summed E-state index contributed by atoms with van der Waals surface area (Å²) in [6.07, 6.45) is 2.97. The number of hydrogen-bond donors (Lipinski definition) is 2. The van der Waals surface area contributed by atoms with E-state index in [9.17, 15) is 9.59 Å². The monoisotopic (exact) mass is 328 g/mol. The van der Waals surface area contributed by atoms with Crippen molar-refractivity contribution in [3.63, 3.8) is 0 Å². The van der Waals surface area contributed by atoms with Crippen LogP contribution in [0.3, 0.4) is 0 Å². The number of aromatic carboxylic acids is 1. The van der Waals surface area contributed by atoms with E-state index in [1.54, 1.807) is 0 Å². The maximum atomic E-state index is 11.9. The third-order valence-corrected chi connectivity index (χ3v) is 4.22. The lowest BCUT2D eigenvalue weighted by molar-refractivity contribution is 0.0696. The zero-order valence-corrected chi connectivity index (χ0v) is 13.3. The van der Waals surface area contributed by atoms with Crippen LogP contribution in [0.1, 0.15) is 38.5 Å². The number of nitrogens with one attached hydrogen (secondary N) is 1. The van der Waals surface area contributed by atoms with Crippen LogP contribution in [0.2, 0.25) is 0 Å². The fraction of sp³-hybridized carbons (Fsp3) is 0.333. The molecule has 3 rings (SSSR count). The van der Waals surface area contributed by atoms with Gasteiger partial charge in [-0.25, -0.2) is 4.79 Å². The molecule has 126 valence electrons. The Balaban J connectivity index is 1.41. The summed E-state index contributed by atoms with van der Waals surface area (Å²) in [5.41, 5.74) is 2.78. The molecular formula is C18H20N2O4. The highest BCUT2D eigenvalue weighted by Gasteiger charge is 2.16. The molecule has 1 aromatic carbocycles. The van der Waals surface area contributed by atoms with Crippen LogP contribution in [0.15, 0.2) is 41.0 Å². The van der Waals surface area contributed by atoms with Crippen LogP contribution in [0.4, 0.5) is 0 Å². The number of fused-ring (bicyclic) bond motifs is 1. The zero-order chi connectivity index (χ0) is 16.9. The average molecular weight is 328 g/mol. The van der Waals surface area contributed by atoms with E-state index in [2.05, 4.69) is 34.5 Å². The second-order valence-electron chi connectivity index (χ2n) is 5.91. The number of carbonyl (C=O) groups excluding carboxylic acids is 1. The van der Waals surface area contributed by atoms with Gasteiger partial charge in [-0.15, -0.1) is 0 Å². The molecule has 0 spiro atoms. The Morgan fingerprint density at radius 2 is 2.04 bits per heavy atom. The van der Waals surface area contributed by atoms with E-state index in [1.165, 1.54) is 17.2 Å². The van der Waals surface area contributed by atoms with Crippen molar-refractivity contribution in [2.75, 3.05) is 19.6 Å². The minimum Gasteiger partial charge on any atom is -0.478 e. The fourth-order valence-electron chi connectivity index (χ4n) is 2.90. The maximum absolute atomic E-state index is 11.9. The molecule has 0 radical (unpaired) electrons. The predicted octanol–water partition coefficient (Wildman–Crippen LogP) is 2.16. The highest BCUT2D eigenvalue weighted by molar-refractivity contribution is 5.95. The highest BCUT2D eigenvalue weighted by atomic mass is 16.4. The zero-order valence-electron chi connectivity index (χ0n) is 13.3. The molecule has 0 saturated carbocycles. The van der Waals surface area contributed by atoms with Gasteiger partial charge >= 0.3 is 5.97 Å². The summed E-state index contributed by atoms with van der Waals surface area (Å²) in [6, 6.07) is 9.73. The van der Waals surface area contributed by atoms with Crippen molar-refractivity contribution >= 4 is 11.9 Å². The van der Waals surface area contributed by atoms with Crippen molar-refractivity contribution in [1.29, 1.82) is 0 Å². The van der Waals surface area contributed by atoms with E-state index in [-0.39, 0.29) is 17.2 Å². The highest BCUT2D eigenvalue weighted by Crippen LogP contribution is 2.18. The summed E-state index contributed by atoms with van der Waals surface area (Å²) in [4.78, 5) is 25.0. The molecule has 0 bridgehead atoms. The van der Waals surface area contributed by atoms with Gasteiger partial charge < -0.3 is 14.8 Å². The van der Waals surface area contributed by atoms with Crippen LogP contribution in [0.5, 0.6) is 0 Å². The first kappa shape index (κ1) is 16.3. The summed E-state index contributed by atoms with van der Waals surface area (Å²) in [5.74, 6) is -1.46. The number of hydrogen-bond acceptors (Lipinski definition) is 4. The van der Waals surface area contributed by atoms with E-state index in [0.29, 0.717) is 6.54 Å². The molecular weight excluding hydrogens is 308 g/mol. The summed E-state index contributed by atoms with van der Waals surface area (Å²) in [6.45, 7) is 3.42. The first-order valence-electron chi connectivity index (χ1n) is 8.02. The third-order valence-electron chi connectivity index (χ3n) is 4.22. The van der Waals surface area contributed by atoms with Gasteiger partial charge in [0.05, 0.1) is 5.56 Å². The van der Waals surface area contributed by atoms with Gasteiger partial charge in [-0.1, -0.05) is 24.3 Å². The van der Waals surface area contributed by atoms with Crippen molar-refractivity contribution in [3.05, 3.63) is 59.0 Å². The Kier molecular flexibility index (Phi) is 4.96. The first-order valence-corrected chi connectivity index (χ1v) is 8.02. The van der Waals surface area contributed by atoms with E-state index in [1.807, 2.05) is 0 Å². The summed E-state index contributed by atoms with van der Waals surface area (Å²) in [5, 5.41) is 11.6. The van der Waals surface area contributed by atoms with Crippen LogP contribution in [0, 0.1) is 0 Å². The molecule has 1 aliphatic heterocycles. The molecule has 0 unspecified atom stereocenters. The topological polar surface area (TPSA) is 82.8 Å². The number of rotatable bonds is 6. The Hall–Kier alpha value is -2.60. The molecule has 2 heterocycles. The maximum Gasteiger partial charge on any atom is 0.338 e. The van der Waals surface area contributed by atoms with Crippen molar-refractivity contribution < 1.29 is 19.1 Å². The number of carboxylic acids is 1. The van der Waals surface area contributed by atoms with Gasteiger partial charge in [-0.2, -0.15) is 0 Å². The van der Waals surface area contributed by atoms with E-state index >= 15 is 0 Å². The quantitative estimate of drug-likeness (QED) is 0.794. The molecule has 2 N–H and O–H groups in total. The van der Waals surface area contributed by atoms with Crippen molar-refractivity contribution in [1.82, 2.24) is 10.2 Å². The molecule has 6 nitrogen and oxygen atoms in total. The smallest absolute Gasteiger partial charge is 0.338 e. The van der Waals surface area contributed by atoms with Crippen LogP contribution >= 0.6 is 0 Å². The van der Waals surface area contributed by atoms with Gasteiger partial charge in [0.2, 0.25) is 0 Å². The average Bonchev–Trinajstić information content (AvgIpc) is 3.09. The Labute approximate surface area is 140 Å². The number of carbonyl (C=O) groups is 2. The largest absolute Gasteiger partial charge is 0.478 e. The number of furan rings is 1. The Morgan fingerprint density at radius 3 is 2.79 bits per heavy atom. The van der Waals surface area contributed by atoms with Gasteiger partial charge in [-0.05, 0) is 24.0 Å². The molecule has 0 saturated heterocycles. The lowest BCUT2D eigenvalue weighted by atomic mass is 10.00. The van der Waals surface area contributed by atoms with Crippen LogP contribution in [-0.2, 0) is 13.0 Å². The minimum absolute atomic E-state index is 0.0212. The summed E-state index contributed by atoms with van der Waals surface area (Å²) < 4.78 is 4.97. The van der Waals surface area contributed by atoms with Gasteiger partial charge in [0.1, 0.15) is 6.26 Å². The van der Waals surface area contributed by atoms with Crippen LogP contribution in [-0.4, -0.2) is 41.5 Å². The van der Waals surface area contributed by atoms with Gasteiger partial charge in [0.25, 0.3) is 5.91 Å². The molecule has 0 atom stereocenters. The molecule has 6 heteroatoms. The molecule has 0 fully saturated rings. The standard InChI is InChI=1S/C18H20N2O4/c21-17(16-10-15(12-24-16)18(22)23)19-7-3-8-20-9-6-13-4-1-2-5-14(13)11-20/h1-2,4-5,10,12H,3,6-9,11H2,(H,19,21)(H,22,23). The second kappa shape index (κ2) is 7.31. The number of benzene rings is 1. The second-order valence-corrected chi connectivity index (χ2v) is 5.91. The molecule has 24 heavy (non-hydrogen) atoms. The van der Waals surface area contributed by atoms with E-state index in [0.717, 1.165) is 38.7 Å². The van der Waals surface area contributed by atoms with Crippen LogP contribution in [0.25, 0.3) is 0 Å². The molecule has 1 amide bonds. The predicted molar refractivity (Wildman–Crippen MR) is 88.0 cm³/mol. The van der Waals surface area contributed by atoms with Gasteiger partial charge in [0.15, 0.2) is 5.76 Å². The van der Waals surface area contributed by atoms with Crippen molar-refractivity contribution in [3.8, 4) is 0 Å². The number of nitrogens with zero attached hydrogens (tertiary/aromatic N) is 1. The summed E-state index contributed by atoms with van der Waals surface area (Å²) in [7, 11) is 0. The molecule has 2 aromatic rings. The number of amides is 1. The normalized spacial score (nSPS) is 14.2. The third kappa shape index (κ3) is 3.83. The first-order chi connectivity index (χ1) is 11.6. The van der Waals surface area contributed by atoms with Crippen molar-refractivity contribution in [2.45, 2.75) is 19.4 Å². The van der Waals surface area contributed by atoms with Gasteiger partial charge in [-0.3, -0.25) is 9.69 Å². The van der Waals surface area contributed by atoms with E-state index < -0.39 is 5.97 Å². The van der Waals surface area contributed by atoms with Crippen molar-refractivity contribution in [2.24, 2.45) is 0 Å². The lowest BCUT2D eigenvalue weighted by Crippen LogP contribution is -2.33. The molecule has 1 aromatic heterocycles. The van der Waals surface area contributed by atoms with Crippen LogP contribution < -0.4 is 5.32 Å².